The smallest absolute Gasteiger partial charge is 0.327 e. The standard InChI is InChI=1S/C10H16N2O4S/c13-9(14)8-5-17-6-12(8)10(15)11-3-7-1-2-16-4-7/h7-8H,1-6H2,(H,11,15)(H,13,14)/t7?,8-/m0/s1. The molecule has 2 saturated heterocycles. The van der Waals surface area contributed by atoms with Gasteiger partial charge in [0.25, 0.3) is 0 Å². The zero-order chi connectivity index (χ0) is 12.3. The molecule has 17 heavy (non-hydrogen) atoms. The van der Waals surface area contributed by atoms with Crippen LogP contribution in [0.5, 0.6) is 0 Å². The maximum Gasteiger partial charge on any atom is 0.327 e. The summed E-state index contributed by atoms with van der Waals surface area (Å²) in [5.74, 6) is 0.339. The fraction of sp³-hybridized carbons (Fsp3) is 0.800. The van der Waals surface area contributed by atoms with E-state index in [4.69, 9.17) is 9.84 Å². The summed E-state index contributed by atoms with van der Waals surface area (Å²) in [7, 11) is 0. The maximum atomic E-state index is 11.8. The van der Waals surface area contributed by atoms with Crippen molar-refractivity contribution in [2.75, 3.05) is 31.4 Å². The maximum absolute atomic E-state index is 11.8. The average molecular weight is 260 g/mol. The molecular weight excluding hydrogens is 244 g/mol. The minimum Gasteiger partial charge on any atom is -0.480 e. The number of carboxylic acid groups (broad SMARTS) is 1. The predicted molar refractivity (Wildman–Crippen MR) is 62.9 cm³/mol. The van der Waals surface area contributed by atoms with Gasteiger partial charge in [-0.1, -0.05) is 0 Å². The van der Waals surface area contributed by atoms with Crippen LogP contribution in [0.25, 0.3) is 0 Å². The van der Waals surface area contributed by atoms with E-state index in [0.717, 1.165) is 13.0 Å². The third-order valence-corrected chi connectivity index (χ3v) is 4.01. The number of nitrogens with zero attached hydrogens (tertiary/aromatic N) is 1. The number of nitrogens with one attached hydrogen (secondary N) is 1. The van der Waals surface area contributed by atoms with Crippen LogP contribution >= 0.6 is 11.8 Å². The molecule has 0 saturated carbocycles. The molecule has 0 aromatic heterocycles. The topological polar surface area (TPSA) is 78.9 Å². The van der Waals surface area contributed by atoms with Crippen LogP contribution in [0.15, 0.2) is 0 Å². The van der Waals surface area contributed by atoms with E-state index in [0.29, 0.717) is 30.7 Å². The Hall–Kier alpha value is -0.950. The molecule has 2 heterocycles. The number of ether oxygens (including phenoxy) is 1. The first-order valence-corrected chi connectivity index (χ1v) is 6.76. The van der Waals surface area contributed by atoms with Gasteiger partial charge in [0.1, 0.15) is 6.04 Å². The van der Waals surface area contributed by atoms with Crippen molar-refractivity contribution >= 4 is 23.8 Å². The number of carboxylic acids is 1. The van der Waals surface area contributed by atoms with E-state index in [2.05, 4.69) is 5.32 Å². The highest BCUT2D eigenvalue weighted by Crippen LogP contribution is 2.21. The molecule has 0 spiro atoms. The minimum absolute atomic E-state index is 0.283. The number of hydrogen-bond donors (Lipinski definition) is 2. The number of hydrogen-bond acceptors (Lipinski definition) is 4. The van der Waals surface area contributed by atoms with Gasteiger partial charge in [-0.15, -0.1) is 11.8 Å². The van der Waals surface area contributed by atoms with Crippen molar-refractivity contribution < 1.29 is 19.4 Å². The zero-order valence-electron chi connectivity index (χ0n) is 9.42. The number of rotatable bonds is 3. The summed E-state index contributed by atoms with van der Waals surface area (Å²) < 4.78 is 5.21. The number of amides is 2. The lowest BCUT2D eigenvalue weighted by atomic mass is 10.1. The van der Waals surface area contributed by atoms with Crippen molar-refractivity contribution in [1.29, 1.82) is 0 Å². The number of aliphatic carboxylic acids is 1. The van der Waals surface area contributed by atoms with Crippen LogP contribution in [0.1, 0.15) is 6.42 Å². The SMILES string of the molecule is O=C(O)[C@@H]1CSCN1C(=O)NCC1CCOC1. The fourth-order valence-electron chi connectivity index (χ4n) is 1.92. The van der Waals surface area contributed by atoms with Crippen molar-refractivity contribution in [1.82, 2.24) is 10.2 Å². The highest BCUT2D eigenvalue weighted by atomic mass is 32.2. The Labute approximate surface area is 104 Å². The third-order valence-electron chi connectivity index (χ3n) is 2.99. The molecule has 2 atom stereocenters. The van der Waals surface area contributed by atoms with Gasteiger partial charge in [-0.25, -0.2) is 9.59 Å². The number of carbonyl (C=O) groups excluding carboxylic acids is 1. The Morgan fingerprint density at radius 2 is 2.35 bits per heavy atom. The van der Waals surface area contributed by atoms with Crippen molar-refractivity contribution in [2.24, 2.45) is 5.92 Å². The van der Waals surface area contributed by atoms with Gasteiger partial charge in [0.15, 0.2) is 0 Å². The van der Waals surface area contributed by atoms with E-state index in [1.165, 1.54) is 16.7 Å². The molecule has 1 unspecified atom stereocenters. The monoisotopic (exact) mass is 260 g/mol. The van der Waals surface area contributed by atoms with Crippen LogP contribution in [-0.2, 0) is 9.53 Å². The molecule has 6 nitrogen and oxygen atoms in total. The largest absolute Gasteiger partial charge is 0.480 e. The highest BCUT2D eigenvalue weighted by Gasteiger charge is 2.34. The summed E-state index contributed by atoms with van der Waals surface area (Å²) in [4.78, 5) is 24.1. The molecule has 0 aromatic carbocycles. The lowest BCUT2D eigenvalue weighted by Gasteiger charge is -2.21. The Balaban J connectivity index is 1.80. The molecular formula is C10H16N2O4S. The van der Waals surface area contributed by atoms with E-state index in [9.17, 15) is 9.59 Å². The number of thioether (sulfide) groups is 1. The molecule has 2 amide bonds. The molecule has 0 bridgehead atoms. The molecule has 2 N–H and O–H groups in total. The number of urea groups is 1. The molecule has 0 aromatic rings. The first-order valence-electron chi connectivity index (χ1n) is 5.61. The summed E-state index contributed by atoms with van der Waals surface area (Å²) >= 11 is 1.46. The Kier molecular flexibility index (Phi) is 4.11. The Morgan fingerprint density at radius 3 is 3.00 bits per heavy atom. The molecule has 2 aliphatic heterocycles. The first-order chi connectivity index (χ1) is 8.18. The predicted octanol–water partition coefficient (Wildman–Crippen LogP) is 0.192. The Bertz CT molecular complexity index is 307. The van der Waals surface area contributed by atoms with Crippen LogP contribution < -0.4 is 5.32 Å². The van der Waals surface area contributed by atoms with Crippen LogP contribution in [0.3, 0.4) is 0 Å². The van der Waals surface area contributed by atoms with Crippen LogP contribution in [0.4, 0.5) is 4.79 Å². The molecule has 96 valence electrons. The van der Waals surface area contributed by atoms with Gasteiger partial charge < -0.3 is 20.1 Å². The molecule has 2 aliphatic rings. The quantitative estimate of drug-likeness (QED) is 0.757. The van der Waals surface area contributed by atoms with Crippen molar-refractivity contribution in [3.05, 3.63) is 0 Å². The summed E-state index contributed by atoms with van der Waals surface area (Å²) in [5.41, 5.74) is 0. The van der Waals surface area contributed by atoms with E-state index >= 15 is 0 Å². The molecule has 2 fully saturated rings. The summed E-state index contributed by atoms with van der Waals surface area (Å²) in [5, 5.41) is 11.7. The summed E-state index contributed by atoms with van der Waals surface area (Å²) in [6, 6.07) is -0.978. The second-order valence-corrected chi connectivity index (χ2v) is 5.24. The lowest BCUT2D eigenvalue weighted by Crippen LogP contribution is -2.47. The minimum atomic E-state index is -0.936. The zero-order valence-corrected chi connectivity index (χ0v) is 10.2. The van der Waals surface area contributed by atoms with Crippen molar-refractivity contribution in [3.8, 4) is 0 Å². The van der Waals surface area contributed by atoms with Crippen molar-refractivity contribution in [3.63, 3.8) is 0 Å². The third kappa shape index (κ3) is 3.04. The van der Waals surface area contributed by atoms with Gasteiger partial charge in [-0.05, 0) is 6.42 Å². The molecule has 2 rings (SSSR count). The highest BCUT2D eigenvalue weighted by molar-refractivity contribution is 7.99. The van der Waals surface area contributed by atoms with Gasteiger partial charge in [0.05, 0.1) is 12.5 Å². The van der Waals surface area contributed by atoms with Gasteiger partial charge >= 0.3 is 12.0 Å². The van der Waals surface area contributed by atoms with E-state index in [1.807, 2.05) is 0 Å². The number of carbonyl (C=O) groups is 2. The summed E-state index contributed by atoms with van der Waals surface area (Å²) in [6.45, 7) is 1.99. The van der Waals surface area contributed by atoms with Crippen LogP contribution in [0, 0.1) is 5.92 Å². The van der Waals surface area contributed by atoms with Gasteiger partial charge in [-0.3, -0.25) is 0 Å². The fourth-order valence-corrected chi connectivity index (χ4v) is 3.07. The first kappa shape index (κ1) is 12.5. The van der Waals surface area contributed by atoms with E-state index in [1.54, 1.807) is 0 Å². The van der Waals surface area contributed by atoms with Gasteiger partial charge in [0.2, 0.25) is 0 Å². The van der Waals surface area contributed by atoms with E-state index < -0.39 is 12.0 Å². The molecule has 0 radical (unpaired) electrons. The normalized spacial score (nSPS) is 28.4. The average Bonchev–Trinajstić information content (AvgIpc) is 2.96. The lowest BCUT2D eigenvalue weighted by molar-refractivity contribution is -0.140. The van der Waals surface area contributed by atoms with Gasteiger partial charge in [0, 0.05) is 24.8 Å². The summed E-state index contributed by atoms with van der Waals surface area (Å²) in [6.07, 6.45) is 0.956. The molecule has 0 aliphatic carbocycles. The van der Waals surface area contributed by atoms with Crippen LogP contribution in [0.2, 0.25) is 0 Å². The Morgan fingerprint density at radius 1 is 1.53 bits per heavy atom. The van der Waals surface area contributed by atoms with Crippen molar-refractivity contribution in [2.45, 2.75) is 12.5 Å². The van der Waals surface area contributed by atoms with Crippen LogP contribution in [-0.4, -0.2) is 59.4 Å². The second kappa shape index (κ2) is 5.59. The van der Waals surface area contributed by atoms with Gasteiger partial charge in [-0.2, -0.15) is 0 Å². The molecule has 7 heteroatoms. The van der Waals surface area contributed by atoms with E-state index in [-0.39, 0.29) is 6.03 Å². The second-order valence-electron chi connectivity index (χ2n) is 4.24.